The van der Waals surface area contributed by atoms with E-state index in [-0.39, 0.29) is 0 Å². The molecule has 0 saturated heterocycles. The standard InChI is InChI=1S/C34H34N8O3/c1-3-11-29-27(9-1)33(41-31(39-29)25-7-5-13-35-23-25)37-15-17-43-19-21-45-22-20-44-18-16-38-34-28-10-2-4-12-30(28)40-32(42-34)26-8-6-14-36-24-26/h1-14,23-24H,15-22H2,(H,37,39,41)(H,38,40,42). The molecule has 0 spiro atoms. The molecule has 11 nitrogen and oxygen atoms in total. The van der Waals surface area contributed by atoms with Gasteiger partial charge in [-0.05, 0) is 48.5 Å². The number of rotatable bonds is 16. The molecule has 0 fully saturated rings. The first-order chi connectivity index (χ1) is 22.3. The monoisotopic (exact) mass is 602 g/mol. The number of nitrogens with one attached hydrogen (secondary N) is 2. The van der Waals surface area contributed by atoms with E-state index < -0.39 is 0 Å². The molecular formula is C34H34N8O3. The summed E-state index contributed by atoms with van der Waals surface area (Å²) < 4.78 is 17.2. The first-order valence-electron chi connectivity index (χ1n) is 14.9. The molecule has 4 heterocycles. The second kappa shape index (κ2) is 15.6. The van der Waals surface area contributed by atoms with Crippen LogP contribution >= 0.6 is 0 Å². The van der Waals surface area contributed by atoms with Crippen LogP contribution in [0.1, 0.15) is 0 Å². The van der Waals surface area contributed by atoms with E-state index in [9.17, 15) is 0 Å². The van der Waals surface area contributed by atoms with Gasteiger partial charge in [0.05, 0.1) is 50.7 Å². The van der Waals surface area contributed by atoms with Gasteiger partial charge in [0.2, 0.25) is 0 Å². The minimum absolute atomic E-state index is 0.493. The van der Waals surface area contributed by atoms with Gasteiger partial charge in [-0.1, -0.05) is 24.3 Å². The third-order valence-corrected chi connectivity index (χ3v) is 6.87. The van der Waals surface area contributed by atoms with Crippen LogP contribution in [0.4, 0.5) is 11.6 Å². The van der Waals surface area contributed by atoms with Gasteiger partial charge in [0.25, 0.3) is 0 Å². The van der Waals surface area contributed by atoms with Crippen LogP contribution in [0.25, 0.3) is 44.6 Å². The predicted octanol–water partition coefficient (Wildman–Crippen LogP) is 5.27. The average Bonchev–Trinajstić information content (AvgIpc) is 3.10. The fraction of sp³-hybridized carbons (Fsp3) is 0.235. The molecule has 0 saturated carbocycles. The smallest absolute Gasteiger partial charge is 0.163 e. The Labute approximate surface area is 261 Å². The number of para-hydroxylation sites is 2. The summed E-state index contributed by atoms with van der Waals surface area (Å²) in [4.78, 5) is 27.2. The van der Waals surface area contributed by atoms with E-state index in [4.69, 9.17) is 34.1 Å². The largest absolute Gasteiger partial charge is 0.377 e. The predicted molar refractivity (Wildman–Crippen MR) is 175 cm³/mol. The quantitative estimate of drug-likeness (QED) is 0.141. The molecule has 2 N–H and O–H groups in total. The molecule has 0 atom stereocenters. The lowest BCUT2D eigenvalue weighted by molar-refractivity contribution is 0.0183. The Morgan fingerprint density at radius 1 is 0.467 bits per heavy atom. The summed E-state index contributed by atoms with van der Waals surface area (Å²) >= 11 is 0. The van der Waals surface area contributed by atoms with Gasteiger partial charge in [0, 0.05) is 59.8 Å². The Morgan fingerprint density at radius 3 is 1.36 bits per heavy atom. The molecular weight excluding hydrogens is 568 g/mol. The third kappa shape index (κ3) is 8.09. The van der Waals surface area contributed by atoms with Crippen LogP contribution in [-0.4, -0.2) is 82.6 Å². The minimum atomic E-state index is 0.493. The second-order valence-corrected chi connectivity index (χ2v) is 10.0. The first kappa shape index (κ1) is 29.9. The lowest BCUT2D eigenvalue weighted by Crippen LogP contribution is -2.16. The normalized spacial score (nSPS) is 11.2. The molecule has 0 aliphatic heterocycles. The summed E-state index contributed by atoms with van der Waals surface area (Å²) in [6.07, 6.45) is 7.00. The van der Waals surface area contributed by atoms with Gasteiger partial charge in [-0.3, -0.25) is 9.97 Å². The molecule has 0 amide bonds. The Balaban J connectivity index is 0.866. The van der Waals surface area contributed by atoms with Crippen molar-refractivity contribution in [2.24, 2.45) is 0 Å². The van der Waals surface area contributed by atoms with Gasteiger partial charge in [0.1, 0.15) is 11.6 Å². The Hall–Kier alpha value is -5.10. The molecule has 0 aliphatic rings. The van der Waals surface area contributed by atoms with Crippen molar-refractivity contribution in [2.75, 3.05) is 63.4 Å². The molecule has 45 heavy (non-hydrogen) atoms. The van der Waals surface area contributed by atoms with Crippen LogP contribution in [0.2, 0.25) is 0 Å². The Kier molecular flexibility index (Phi) is 10.4. The molecule has 6 rings (SSSR count). The van der Waals surface area contributed by atoms with Gasteiger partial charge in [0.15, 0.2) is 11.6 Å². The molecule has 0 aliphatic carbocycles. The lowest BCUT2D eigenvalue weighted by Gasteiger charge is -2.12. The van der Waals surface area contributed by atoms with Crippen molar-refractivity contribution in [3.8, 4) is 22.8 Å². The number of pyridine rings is 2. The van der Waals surface area contributed by atoms with E-state index in [2.05, 4.69) is 20.6 Å². The number of nitrogens with zero attached hydrogens (tertiary/aromatic N) is 6. The maximum Gasteiger partial charge on any atom is 0.163 e. The minimum Gasteiger partial charge on any atom is -0.377 e. The zero-order chi connectivity index (χ0) is 30.5. The van der Waals surface area contributed by atoms with Crippen molar-refractivity contribution >= 4 is 33.4 Å². The van der Waals surface area contributed by atoms with Crippen molar-refractivity contribution < 1.29 is 14.2 Å². The zero-order valence-electron chi connectivity index (χ0n) is 24.8. The van der Waals surface area contributed by atoms with Crippen LogP contribution in [0.5, 0.6) is 0 Å². The van der Waals surface area contributed by atoms with Gasteiger partial charge in [-0.25, -0.2) is 19.9 Å². The van der Waals surface area contributed by atoms with Crippen molar-refractivity contribution in [2.45, 2.75) is 0 Å². The molecule has 0 bridgehead atoms. The van der Waals surface area contributed by atoms with Gasteiger partial charge in [-0.15, -0.1) is 0 Å². The summed E-state index contributed by atoms with van der Waals surface area (Å²) in [5.41, 5.74) is 3.49. The van der Waals surface area contributed by atoms with Crippen molar-refractivity contribution in [1.29, 1.82) is 0 Å². The number of anilines is 2. The first-order valence-corrected chi connectivity index (χ1v) is 14.9. The molecule has 0 radical (unpaired) electrons. The number of ether oxygens (including phenoxy) is 3. The number of benzene rings is 2. The van der Waals surface area contributed by atoms with Gasteiger partial charge >= 0.3 is 0 Å². The highest BCUT2D eigenvalue weighted by Crippen LogP contribution is 2.25. The topological polar surface area (TPSA) is 129 Å². The van der Waals surface area contributed by atoms with Crippen molar-refractivity contribution in [1.82, 2.24) is 29.9 Å². The maximum absolute atomic E-state index is 5.75. The summed E-state index contributed by atoms with van der Waals surface area (Å²) in [5.74, 6) is 2.81. The summed E-state index contributed by atoms with van der Waals surface area (Å²) in [6, 6.07) is 23.5. The number of hydrogen-bond donors (Lipinski definition) is 2. The van der Waals surface area contributed by atoms with Gasteiger partial charge < -0.3 is 24.8 Å². The average molecular weight is 603 g/mol. The van der Waals surface area contributed by atoms with Crippen LogP contribution in [0, 0.1) is 0 Å². The lowest BCUT2D eigenvalue weighted by atomic mass is 10.2. The molecule has 11 heteroatoms. The third-order valence-electron chi connectivity index (χ3n) is 6.87. The van der Waals surface area contributed by atoms with E-state index in [0.717, 1.165) is 44.6 Å². The summed E-state index contributed by atoms with van der Waals surface area (Å²) in [6.45, 7) is 4.23. The highest BCUT2D eigenvalue weighted by Gasteiger charge is 2.10. The fourth-order valence-corrected chi connectivity index (χ4v) is 4.70. The van der Waals surface area contributed by atoms with Crippen molar-refractivity contribution in [3.05, 3.63) is 97.6 Å². The maximum atomic E-state index is 5.75. The molecule has 6 aromatic rings. The van der Waals surface area contributed by atoms with E-state index in [1.165, 1.54) is 0 Å². The molecule has 2 aromatic carbocycles. The van der Waals surface area contributed by atoms with Crippen LogP contribution in [0.15, 0.2) is 97.6 Å². The molecule has 4 aromatic heterocycles. The van der Waals surface area contributed by atoms with E-state index in [1.807, 2.05) is 72.8 Å². The van der Waals surface area contributed by atoms with E-state index in [0.29, 0.717) is 64.4 Å². The van der Waals surface area contributed by atoms with Crippen LogP contribution < -0.4 is 10.6 Å². The molecule has 0 unspecified atom stereocenters. The zero-order valence-corrected chi connectivity index (χ0v) is 24.8. The highest BCUT2D eigenvalue weighted by molar-refractivity contribution is 5.91. The number of hydrogen-bond acceptors (Lipinski definition) is 11. The van der Waals surface area contributed by atoms with E-state index >= 15 is 0 Å². The second-order valence-electron chi connectivity index (χ2n) is 10.0. The van der Waals surface area contributed by atoms with Gasteiger partial charge in [-0.2, -0.15) is 0 Å². The number of aromatic nitrogens is 6. The van der Waals surface area contributed by atoms with Crippen LogP contribution in [0.3, 0.4) is 0 Å². The fourth-order valence-electron chi connectivity index (χ4n) is 4.70. The van der Waals surface area contributed by atoms with Crippen molar-refractivity contribution in [3.63, 3.8) is 0 Å². The van der Waals surface area contributed by atoms with Crippen LogP contribution in [-0.2, 0) is 14.2 Å². The SMILES string of the molecule is c1cncc(-c2nc(NCCOCCOCCOCCNc3nc(-c4cccnc4)nc4ccccc34)c3ccccc3n2)c1. The highest BCUT2D eigenvalue weighted by atomic mass is 16.5. The van der Waals surface area contributed by atoms with E-state index in [1.54, 1.807) is 24.8 Å². The summed E-state index contributed by atoms with van der Waals surface area (Å²) in [7, 11) is 0. The molecule has 228 valence electrons. The summed E-state index contributed by atoms with van der Waals surface area (Å²) in [5, 5.41) is 8.70. The number of fused-ring (bicyclic) bond motifs is 2. The Bertz CT molecular complexity index is 1680. The Morgan fingerprint density at radius 2 is 0.911 bits per heavy atom.